The highest BCUT2D eigenvalue weighted by Crippen LogP contribution is 2.24. The number of hydrogen-bond acceptors (Lipinski definition) is 4. The summed E-state index contributed by atoms with van der Waals surface area (Å²) >= 11 is 1.08. The van der Waals surface area contributed by atoms with Crippen LogP contribution in [0.1, 0.15) is 4.88 Å². The number of nitrogens with zero attached hydrogens (tertiary/aromatic N) is 1. The lowest BCUT2D eigenvalue weighted by Crippen LogP contribution is -2.26. The monoisotopic (exact) mass is 247 g/mol. The smallest absolute Gasteiger partial charge is 0.252 e. The van der Waals surface area contributed by atoms with Gasteiger partial charge in [0, 0.05) is 18.5 Å². The molecule has 84 valence electrons. The van der Waals surface area contributed by atoms with E-state index < -0.39 is 10.0 Å². The maximum Gasteiger partial charge on any atom is 0.252 e. The molecule has 0 aliphatic heterocycles. The molecule has 0 radical (unpaired) electrons. The van der Waals surface area contributed by atoms with Crippen molar-refractivity contribution in [3.8, 4) is 0 Å². The zero-order chi connectivity index (χ0) is 11.5. The molecular formula is C9H13NO3S2. The zero-order valence-electron chi connectivity index (χ0n) is 8.38. The van der Waals surface area contributed by atoms with Gasteiger partial charge in [0.1, 0.15) is 4.21 Å². The first-order chi connectivity index (χ1) is 7.02. The molecule has 1 aromatic heterocycles. The largest absolute Gasteiger partial charge is 0.391 e. The summed E-state index contributed by atoms with van der Waals surface area (Å²) in [6.45, 7) is 3.63. The van der Waals surface area contributed by atoms with Gasteiger partial charge >= 0.3 is 0 Å². The molecule has 0 aliphatic rings. The van der Waals surface area contributed by atoms with Crippen molar-refractivity contribution in [3.05, 3.63) is 29.7 Å². The lowest BCUT2D eigenvalue weighted by atomic mass is 10.5. The number of aliphatic hydroxyl groups excluding tert-OH is 1. The number of likely N-dealkylation sites (N-methyl/N-ethyl adjacent to an activating group) is 1. The molecule has 0 atom stereocenters. The fraction of sp³-hybridized carbons (Fsp3) is 0.333. The molecule has 15 heavy (non-hydrogen) atoms. The summed E-state index contributed by atoms with van der Waals surface area (Å²) in [6.07, 6.45) is 1.53. The molecule has 1 aromatic rings. The van der Waals surface area contributed by atoms with Gasteiger partial charge in [0.25, 0.3) is 10.0 Å². The first-order valence-electron chi connectivity index (χ1n) is 4.29. The zero-order valence-corrected chi connectivity index (χ0v) is 10.0. The van der Waals surface area contributed by atoms with Gasteiger partial charge in [-0.05, 0) is 12.1 Å². The van der Waals surface area contributed by atoms with Gasteiger partial charge in [-0.25, -0.2) is 8.42 Å². The summed E-state index contributed by atoms with van der Waals surface area (Å²) in [5, 5.41) is 8.84. The van der Waals surface area contributed by atoms with Crippen molar-refractivity contribution < 1.29 is 13.5 Å². The lowest BCUT2D eigenvalue weighted by Gasteiger charge is -2.13. The van der Waals surface area contributed by atoms with E-state index in [1.54, 1.807) is 6.07 Å². The second-order valence-electron chi connectivity index (χ2n) is 2.95. The predicted octanol–water partition coefficient (Wildman–Crippen LogP) is 1.05. The van der Waals surface area contributed by atoms with Gasteiger partial charge < -0.3 is 5.11 Å². The Morgan fingerprint density at radius 1 is 1.60 bits per heavy atom. The Balaban J connectivity index is 3.00. The summed E-state index contributed by atoms with van der Waals surface area (Å²) in [6, 6.07) is 3.12. The van der Waals surface area contributed by atoms with Crippen LogP contribution in [-0.2, 0) is 16.6 Å². The average molecular weight is 247 g/mol. The molecule has 6 heteroatoms. The molecule has 0 saturated heterocycles. The van der Waals surface area contributed by atoms with Crippen LogP contribution >= 0.6 is 11.3 Å². The van der Waals surface area contributed by atoms with Crippen LogP contribution in [0.2, 0.25) is 0 Å². The van der Waals surface area contributed by atoms with Crippen LogP contribution in [-0.4, -0.2) is 31.4 Å². The van der Waals surface area contributed by atoms with E-state index >= 15 is 0 Å². The van der Waals surface area contributed by atoms with Crippen LogP contribution in [0.5, 0.6) is 0 Å². The molecule has 0 fully saturated rings. The van der Waals surface area contributed by atoms with Gasteiger partial charge in [-0.1, -0.05) is 6.08 Å². The van der Waals surface area contributed by atoms with Gasteiger partial charge in [0.05, 0.1) is 6.61 Å². The van der Waals surface area contributed by atoms with Gasteiger partial charge in [-0.3, -0.25) is 0 Å². The Kier molecular flexibility index (Phi) is 4.04. The minimum atomic E-state index is -3.42. The van der Waals surface area contributed by atoms with Gasteiger partial charge in [-0.2, -0.15) is 4.31 Å². The van der Waals surface area contributed by atoms with E-state index in [0.29, 0.717) is 4.88 Å². The third kappa shape index (κ3) is 2.66. The second-order valence-corrected chi connectivity index (χ2v) is 6.39. The van der Waals surface area contributed by atoms with Crippen LogP contribution in [0.15, 0.2) is 29.0 Å². The SMILES string of the molecule is C=CCN(C)S(=O)(=O)c1ccc(CO)s1. The van der Waals surface area contributed by atoms with Crippen molar-refractivity contribution in [2.45, 2.75) is 10.8 Å². The lowest BCUT2D eigenvalue weighted by molar-refractivity contribution is 0.285. The Bertz CT molecular complexity index is 436. The molecule has 4 nitrogen and oxygen atoms in total. The number of sulfonamides is 1. The minimum Gasteiger partial charge on any atom is -0.391 e. The molecule has 0 aromatic carbocycles. The summed E-state index contributed by atoms with van der Waals surface area (Å²) in [5.74, 6) is 0. The van der Waals surface area contributed by atoms with E-state index in [9.17, 15) is 8.42 Å². The fourth-order valence-corrected chi connectivity index (χ4v) is 3.58. The quantitative estimate of drug-likeness (QED) is 0.791. The number of aliphatic hydroxyl groups is 1. The standard InChI is InChI=1S/C9H13NO3S2/c1-3-6-10(2)15(12,13)9-5-4-8(7-11)14-9/h3-5,11H,1,6-7H2,2H3. The summed E-state index contributed by atoms with van der Waals surface area (Å²) in [4.78, 5) is 0.639. The summed E-state index contributed by atoms with van der Waals surface area (Å²) in [5.41, 5.74) is 0. The molecule has 0 spiro atoms. The van der Waals surface area contributed by atoms with Crippen molar-refractivity contribution in [1.29, 1.82) is 0 Å². The molecule has 1 N–H and O–H groups in total. The Labute approximate surface area is 93.5 Å². The number of rotatable bonds is 5. The Hall–Kier alpha value is -0.690. The highest BCUT2D eigenvalue weighted by atomic mass is 32.2. The molecule has 0 amide bonds. The minimum absolute atomic E-state index is 0.134. The van der Waals surface area contributed by atoms with Crippen molar-refractivity contribution in [2.24, 2.45) is 0 Å². The van der Waals surface area contributed by atoms with E-state index in [2.05, 4.69) is 6.58 Å². The summed E-state index contributed by atoms with van der Waals surface area (Å²) in [7, 11) is -1.93. The van der Waals surface area contributed by atoms with E-state index in [-0.39, 0.29) is 17.4 Å². The van der Waals surface area contributed by atoms with Crippen LogP contribution in [0.25, 0.3) is 0 Å². The van der Waals surface area contributed by atoms with Crippen LogP contribution in [0.3, 0.4) is 0 Å². The molecular weight excluding hydrogens is 234 g/mol. The molecule has 1 rings (SSSR count). The van der Waals surface area contributed by atoms with Crippen molar-refractivity contribution in [3.63, 3.8) is 0 Å². The Morgan fingerprint density at radius 2 is 2.27 bits per heavy atom. The van der Waals surface area contributed by atoms with E-state index in [1.165, 1.54) is 23.5 Å². The van der Waals surface area contributed by atoms with E-state index in [0.717, 1.165) is 11.3 Å². The maximum absolute atomic E-state index is 11.9. The number of hydrogen-bond donors (Lipinski definition) is 1. The predicted molar refractivity (Wildman–Crippen MR) is 60.3 cm³/mol. The normalized spacial score (nSPS) is 11.9. The van der Waals surface area contributed by atoms with E-state index in [4.69, 9.17) is 5.11 Å². The molecule has 0 aliphatic carbocycles. The van der Waals surface area contributed by atoms with Gasteiger partial charge in [0.2, 0.25) is 0 Å². The number of thiophene rings is 1. The highest BCUT2D eigenvalue weighted by Gasteiger charge is 2.21. The van der Waals surface area contributed by atoms with Crippen molar-refractivity contribution >= 4 is 21.4 Å². The first kappa shape index (κ1) is 12.4. The topological polar surface area (TPSA) is 57.6 Å². The maximum atomic E-state index is 11.9. The second kappa shape index (κ2) is 4.89. The molecule has 0 bridgehead atoms. The van der Waals surface area contributed by atoms with Crippen LogP contribution < -0.4 is 0 Å². The molecule has 1 heterocycles. The first-order valence-corrected chi connectivity index (χ1v) is 6.55. The fourth-order valence-electron chi connectivity index (χ4n) is 1.02. The van der Waals surface area contributed by atoms with Crippen molar-refractivity contribution in [2.75, 3.05) is 13.6 Å². The van der Waals surface area contributed by atoms with Crippen molar-refractivity contribution in [1.82, 2.24) is 4.31 Å². The third-order valence-electron chi connectivity index (χ3n) is 1.84. The Morgan fingerprint density at radius 3 is 2.73 bits per heavy atom. The van der Waals surface area contributed by atoms with Crippen LogP contribution in [0, 0.1) is 0 Å². The van der Waals surface area contributed by atoms with Gasteiger partial charge in [0.15, 0.2) is 0 Å². The third-order valence-corrected chi connectivity index (χ3v) is 5.20. The average Bonchev–Trinajstić information content (AvgIpc) is 2.66. The van der Waals surface area contributed by atoms with Gasteiger partial charge in [-0.15, -0.1) is 17.9 Å². The molecule has 0 unspecified atom stereocenters. The highest BCUT2D eigenvalue weighted by molar-refractivity contribution is 7.91. The molecule has 0 saturated carbocycles. The summed E-state index contributed by atoms with van der Waals surface area (Å²) < 4.78 is 25.2. The van der Waals surface area contributed by atoms with E-state index in [1.807, 2.05) is 0 Å². The van der Waals surface area contributed by atoms with Crippen LogP contribution in [0.4, 0.5) is 0 Å².